The van der Waals surface area contributed by atoms with Crippen LogP contribution in [0.1, 0.15) is 33.6 Å². The molecule has 0 unspecified atom stereocenters. The molecule has 0 bridgehead atoms. The third kappa shape index (κ3) is 7.17. The minimum atomic E-state index is -0.513. The van der Waals surface area contributed by atoms with Crippen LogP contribution in [0.3, 0.4) is 0 Å². The smallest absolute Gasteiger partial charge is 0.306 e. The zero-order valence-corrected chi connectivity index (χ0v) is 11.5. The van der Waals surface area contributed by atoms with Crippen molar-refractivity contribution in [2.24, 2.45) is 0 Å². The van der Waals surface area contributed by atoms with Gasteiger partial charge in [0, 0.05) is 19.2 Å². The van der Waals surface area contributed by atoms with Gasteiger partial charge in [0.05, 0.1) is 19.2 Å². The monoisotopic (exact) mass is 268 g/mol. The maximum atomic E-state index is 11.5. The zero-order valence-electron chi connectivity index (χ0n) is 11.5. The second-order valence-corrected chi connectivity index (χ2v) is 5.10. The second-order valence-electron chi connectivity index (χ2n) is 5.10. The van der Waals surface area contributed by atoms with Crippen molar-refractivity contribution < 1.29 is 14.3 Å². The number of hydrogen-bond donors (Lipinski definition) is 1. The highest BCUT2D eigenvalue weighted by atomic mass is 16.6. The van der Waals surface area contributed by atoms with E-state index in [-0.39, 0.29) is 24.7 Å². The number of carbonyl (C=O) groups excluding carboxylic acids is 2. The molecule has 7 heteroatoms. The minimum Gasteiger partial charge on any atom is -0.460 e. The van der Waals surface area contributed by atoms with E-state index in [0.717, 1.165) is 0 Å². The Balaban J connectivity index is 2.12. The first-order chi connectivity index (χ1) is 8.87. The van der Waals surface area contributed by atoms with Crippen LogP contribution in [-0.4, -0.2) is 39.0 Å². The van der Waals surface area contributed by atoms with Crippen molar-refractivity contribution in [3.05, 3.63) is 12.4 Å². The molecule has 0 spiro atoms. The summed E-state index contributed by atoms with van der Waals surface area (Å²) in [6, 6.07) is 0. The molecule has 0 atom stereocenters. The van der Waals surface area contributed by atoms with Gasteiger partial charge in [0.25, 0.3) is 0 Å². The van der Waals surface area contributed by atoms with Crippen LogP contribution in [0.2, 0.25) is 0 Å². The molecule has 1 aromatic rings. The molecule has 1 amide bonds. The molecule has 0 saturated carbocycles. The molecule has 1 rings (SSSR count). The molecule has 106 valence electrons. The van der Waals surface area contributed by atoms with Crippen LogP contribution in [0.4, 0.5) is 0 Å². The molecule has 0 radical (unpaired) electrons. The first kappa shape index (κ1) is 15.1. The lowest BCUT2D eigenvalue weighted by molar-refractivity contribution is -0.155. The predicted molar refractivity (Wildman–Crippen MR) is 68.1 cm³/mol. The Labute approximate surface area is 112 Å². The lowest BCUT2D eigenvalue weighted by Gasteiger charge is -2.19. The number of ether oxygens (including phenoxy) is 1. The molecule has 1 aromatic heterocycles. The molecule has 1 heterocycles. The van der Waals surface area contributed by atoms with Gasteiger partial charge in [0.2, 0.25) is 5.91 Å². The van der Waals surface area contributed by atoms with Gasteiger partial charge < -0.3 is 10.1 Å². The van der Waals surface area contributed by atoms with Gasteiger partial charge in [0.15, 0.2) is 0 Å². The number of hydrogen-bond acceptors (Lipinski definition) is 5. The number of amides is 1. The number of aromatic nitrogens is 3. The normalized spacial score (nSPS) is 11.1. The Bertz CT molecular complexity index is 409. The van der Waals surface area contributed by atoms with Crippen LogP contribution >= 0.6 is 0 Å². The van der Waals surface area contributed by atoms with E-state index in [4.69, 9.17) is 4.74 Å². The van der Waals surface area contributed by atoms with E-state index >= 15 is 0 Å². The van der Waals surface area contributed by atoms with E-state index in [1.807, 2.05) is 0 Å². The lowest BCUT2D eigenvalue weighted by Crippen LogP contribution is -2.29. The molecule has 0 aliphatic carbocycles. The number of esters is 1. The average Bonchev–Trinajstić information content (AvgIpc) is 2.77. The highest BCUT2D eigenvalue weighted by Gasteiger charge is 2.16. The number of carbonyl (C=O) groups is 2. The fourth-order valence-electron chi connectivity index (χ4n) is 1.36. The molecule has 0 aliphatic rings. The number of nitrogens with one attached hydrogen (secondary N) is 1. The Morgan fingerprint density at radius 1 is 1.32 bits per heavy atom. The van der Waals surface area contributed by atoms with Gasteiger partial charge >= 0.3 is 5.97 Å². The van der Waals surface area contributed by atoms with Gasteiger partial charge in [-0.3, -0.25) is 14.3 Å². The van der Waals surface area contributed by atoms with Crippen LogP contribution in [0.5, 0.6) is 0 Å². The van der Waals surface area contributed by atoms with E-state index in [9.17, 15) is 9.59 Å². The summed E-state index contributed by atoms with van der Waals surface area (Å²) in [5.74, 6) is -0.537. The van der Waals surface area contributed by atoms with Crippen molar-refractivity contribution in [2.75, 3.05) is 6.54 Å². The highest BCUT2D eigenvalue weighted by molar-refractivity contribution is 5.81. The van der Waals surface area contributed by atoms with Crippen molar-refractivity contribution in [1.29, 1.82) is 0 Å². The lowest BCUT2D eigenvalue weighted by atomic mass is 10.2. The predicted octanol–water partition coefficient (Wildman–Crippen LogP) is 0.516. The third-order valence-corrected chi connectivity index (χ3v) is 2.11. The van der Waals surface area contributed by atoms with Gasteiger partial charge in [-0.1, -0.05) is 5.21 Å². The summed E-state index contributed by atoms with van der Waals surface area (Å²) in [6.45, 7) is 6.39. The topological polar surface area (TPSA) is 86.1 Å². The molecule has 0 aliphatic heterocycles. The Morgan fingerprint density at radius 3 is 2.63 bits per heavy atom. The number of rotatable bonds is 6. The maximum absolute atomic E-state index is 11.5. The second kappa shape index (κ2) is 6.86. The van der Waals surface area contributed by atoms with Crippen molar-refractivity contribution in [3.63, 3.8) is 0 Å². The SMILES string of the molecule is CC(C)(C)OC(=O)CCC(=O)NCCn1ccnn1. The van der Waals surface area contributed by atoms with Gasteiger partial charge in [-0.2, -0.15) is 0 Å². The quantitative estimate of drug-likeness (QED) is 0.760. The number of nitrogens with zero attached hydrogens (tertiary/aromatic N) is 3. The van der Waals surface area contributed by atoms with E-state index < -0.39 is 5.60 Å². The first-order valence-electron chi connectivity index (χ1n) is 6.19. The van der Waals surface area contributed by atoms with Crippen LogP contribution in [-0.2, 0) is 20.9 Å². The van der Waals surface area contributed by atoms with Gasteiger partial charge in [0.1, 0.15) is 5.60 Å². The summed E-state index contributed by atoms with van der Waals surface area (Å²) in [7, 11) is 0. The zero-order chi connectivity index (χ0) is 14.3. The van der Waals surface area contributed by atoms with Crippen LogP contribution in [0.25, 0.3) is 0 Å². The van der Waals surface area contributed by atoms with Gasteiger partial charge in [-0.05, 0) is 20.8 Å². The molecule has 1 N–H and O–H groups in total. The van der Waals surface area contributed by atoms with Crippen LogP contribution in [0, 0.1) is 0 Å². The summed E-state index contributed by atoms with van der Waals surface area (Å²) in [5, 5.41) is 10.1. The molecular formula is C12H20N4O3. The summed E-state index contributed by atoms with van der Waals surface area (Å²) in [4.78, 5) is 22.9. The fraction of sp³-hybridized carbons (Fsp3) is 0.667. The highest BCUT2D eigenvalue weighted by Crippen LogP contribution is 2.08. The summed E-state index contributed by atoms with van der Waals surface area (Å²) in [5.41, 5.74) is -0.513. The van der Waals surface area contributed by atoms with Crippen molar-refractivity contribution in [1.82, 2.24) is 20.3 Å². The van der Waals surface area contributed by atoms with E-state index in [1.165, 1.54) is 0 Å². The Hall–Kier alpha value is -1.92. The van der Waals surface area contributed by atoms with E-state index in [1.54, 1.807) is 37.8 Å². The third-order valence-electron chi connectivity index (χ3n) is 2.11. The largest absolute Gasteiger partial charge is 0.460 e. The fourth-order valence-corrected chi connectivity index (χ4v) is 1.36. The molecule has 0 aromatic carbocycles. The maximum Gasteiger partial charge on any atom is 0.306 e. The standard InChI is InChI=1S/C12H20N4O3/c1-12(2,3)19-11(18)5-4-10(17)13-6-8-16-9-7-14-15-16/h7,9H,4-6,8H2,1-3H3,(H,13,17). The molecule has 0 saturated heterocycles. The molecular weight excluding hydrogens is 248 g/mol. The van der Waals surface area contributed by atoms with Gasteiger partial charge in [-0.15, -0.1) is 5.10 Å². The Morgan fingerprint density at radius 2 is 2.05 bits per heavy atom. The summed E-state index contributed by atoms with van der Waals surface area (Å²) in [6.07, 6.45) is 3.51. The van der Waals surface area contributed by atoms with E-state index in [2.05, 4.69) is 15.6 Å². The summed E-state index contributed by atoms with van der Waals surface area (Å²) >= 11 is 0. The first-order valence-corrected chi connectivity index (χ1v) is 6.19. The van der Waals surface area contributed by atoms with Crippen molar-refractivity contribution >= 4 is 11.9 Å². The molecule has 0 fully saturated rings. The van der Waals surface area contributed by atoms with Crippen molar-refractivity contribution in [3.8, 4) is 0 Å². The minimum absolute atomic E-state index is 0.0897. The molecule has 19 heavy (non-hydrogen) atoms. The van der Waals surface area contributed by atoms with Gasteiger partial charge in [-0.25, -0.2) is 0 Å². The average molecular weight is 268 g/mol. The summed E-state index contributed by atoms with van der Waals surface area (Å²) < 4.78 is 6.73. The van der Waals surface area contributed by atoms with E-state index in [0.29, 0.717) is 13.1 Å². The Kier molecular flexibility index (Phi) is 5.47. The van der Waals surface area contributed by atoms with Crippen molar-refractivity contribution in [2.45, 2.75) is 45.8 Å². The van der Waals surface area contributed by atoms with Crippen LogP contribution < -0.4 is 5.32 Å². The molecule has 7 nitrogen and oxygen atoms in total. The van der Waals surface area contributed by atoms with Crippen LogP contribution in [0.15, 0.2) is 12.4 Å².